The largest absolute Gasteiger partial charge is 0.0628 e. The summed E-state index contributed by atoms with van der Waals surface area (Å²) in [5.41, 5.74) is 0. The van der Waals surface area contributed by atoms with Crippen molar-refractivity contribution in [3.63, 3.8) is 0 Å². The maximum absolute atomic E-state index is 2.48. The molecule has 0 aromatic carbocycles. The summed E-state index contributed by atoms with van der Waals surface area (Å²) in [6, 6.07) is 0. The van der Waals surface area contributed by atoms with Crippen LogP contribution in [0.25, 0.3) is 0 Å². The summed E-state index contributed by atoms with van der Waals surface area (Å²) in [7, 11) is 0. The molecular weight excluding hydrogens is 252 g/mol. The van der Waals surface area contributed by atoms with E-state index >= 15 is 0 Å². The van der Waals surface area contributed by atoms with Gasteiger partial charge < -0.3 is 0 Å². The maximum atomic E-state index is 2.48. The highest BCUT2D eigenvalue weighted by Crippen LogP contribution is 2.30. The van der Waals surface area contributed by atoms with Gasteiger partial charge in [0.1, 0.15) is 0 Å². The second kappa shape index (κ2) is 10.7. The summed E-state index contributed by atoms with van der Waals surface area (Å²) in [6.45, 7) is 21.7. The monoisotopic (exact) mass is 296 g/mol. The van der Waals surface area contributed by atoms with Crippen LogP contribution in [0.4, 0.5) is 0 Å². The Morgan fingerprint density at radius 1 is 0.381 bits per heavy atom. The first-order chi connectivity index (χ1) is 9.61. The molecule has 0 aromatic heterocycles. The van der Waals surface area contributed by atoms with Crippen LogP contribution in [0.2, 0.25) is 0 Å². The Hall–Kier alpha value is 0. The van der Waals surface area contributed by atoms with E-state index in [4.69, 9.17) is 0 Å². The van der Waals surface area contributed by atoms with Gasteiger partial charge >= 0.3 is 0 Å². The van der Waals surface area contributed by atoms with E-state index in [1.54, 1.807) is 0 Å². The molecule has 0 fully saturated rings. The predicted molar refractivity (Wildman–Crippen MR) is 98.6 cm³/mol. The Balaban J connectivity index is 4.07. The third-order valence-corrected chi connectivity index (χ3v) is 5.07. The zero-order chi connectivity index (χ0) is 16.6. The Bertz CT molecular complexity index is 240. The van der Waals surface area contributed by atoms with Gasteiger partial charge in [0, 0.05) is 0 Å². The van der Waals surface area contributed by atoms with E-state index in [9.17, 15) is 0 Å². The van der Waals surface area contributed by atoms with E-state index in [1.807, 2.05) is 0 Å². The molecule has 0 amide bonds. The number of rotatable bonds is 11. The summed E-state index contributed by atoms with van der Waals surface area (Å²) < 4.78 is 0. The zero-order valence-corrected chi connectivity index (χ0v) is 16.6. The summed E-state index contributed by atoms with van der Waals surface area (Å²) in [5, 5.41) is 0. The van der Waals surface area contributed by atoms with Gasteiger partial charge in [0.2, 0.25) is 0 Å². The van der Waals surface area contributed by atoms with Crippen LogP contribution in [0.1, 0.15) is 94.4 Å². The normalized spacial score (nSPS) is 19.6. The van der Waals surface area contributed by atoms with Crippen LogP contribution in [-0.2, 0) is 0 Å². The molecule has 0 rings (SSSR count). The van der Waals surface area contributed by atoms with Gasteiger partial charge in [-0.3, -0.25) is 0 Å². The molecule has 0 N–H and O–H groups in total. The third kappa shape index (κ3) is 11.2. The quantitative estimate of drug-likeness (QED) is 0.372. The van der Waals surface area contributed by atoms with Crippen LogP contribution in [0.3, 0.4) is 0 Å². The maximum Gasteiger partial charge on any atom is -0.0414 e. The van der Waals surface area contributed by atoms with E-state index in [0.29, 0.717) is 0 Å². The van der Waals surface area contributed by atoms with Crippen molar-refractivity contribution in [1.82, 2.24) is 0 Å². The standard InChI is InChI=1S/C21H44/c1-15(2)10-17(5)12-19(7)14-21(9)20(8)13-18(6)11-16(3)4/h15-21H,10-14H2,1-9H3. The summed E-state index contributed by atoms with van der Waals surface area (Å²) in [5.74, 6) is 6.11. The van der Waals surface area contributed by atoms with Crippen molar-refractivity contribution in [2.75, 3.05) is 0 Å². The first-order valence-corrected chi connectivity index (χ1v) is 9.61. The smallest absolute Gasteiger partial charge is 0.0414 e. The van der Waals surface area contributed by atoms with E-state index in [-0.39, 0.29) is 0 Å². The number of hydrogen-bond donors (Lipinski definition) is 0. The van der Waals surface area contributed by atoms with Crippen molar-refractivity contribution in [1.29, 1.82) is 0 Å². The summed E-state index contributed by atoms with van der Waals surface area (Å²) >= 11 is 0. The summed E-state index contributed by atoms with van der Waals surface area (Å²) in [6.07, 6.45) is 7.01. The first kappa shape index (κ1) is 21.0. The van der Waals surface area contributed by atoms with Crippen LogP contribution >= 0.6 is 0 Å². The average Bonchev–Trinajstić information content (AvgIpc) is 2.25. The van der Waals surface area contributed by atoms with Crippen LogP contribution in [0.15, 0.2) is 0 Å². The van der Waals surface area contributed by atoms with Crippen molar-refractivity contribution < 1.29 is 0 Å². The van der Waals surface area contributed by atoms with Gasteiger partial charge in [-0.05, 0) is 73.5 Å². The molecule has 0 aliphatic rings. The predicted octanol–water partition coefficient (Wildman–Crippen LogP) is 7.43. The van der Waals surface area contributed by atoms with Gasteiger partial charge in [0.25, 0.3) is 0 Å². The molecule has 0 aliphatic heterocycles. The lowest BCUT2D eigenvalue weighted by Gasteiger charge is -2.27. The van der Waals surface area contributed by atoms with Gasteiger partial charge in [-0.2, -0.15) is 0 Å². The Morgan fingerprint density at radius 3 is 1.00 bits per heavy atom. The highest BCUT2D eigenvalue weighted by atomic mass is 14.3. The minimum Gasteiger partial charge on any atom is -0.0628 e. The summed E-state index contributed by atoms with van der Waals surface area (Å²) in [4.78, 5) is 0. The lowest BCUT2D eigenvalue weighted by atomic mass is 9.78. The SMILES string of the molecule is CC(C)CC(C)CC(C)CC(C)C(C)CC(C)CC(C)C. The fourth-order valence-electron chi connectivity index (χ4n) is 4.32. The van der Waals surface area contributed by atoms with Crippen molar-refractivity contribution in [2.45, 2.75) is 94.4 Å². The fraction of sp³-hybridized carbons (Fsp3) is 1.00. The highest BCUT2D eigenvalue weighted by Gasteiger charge is 2.19. The molecule has 0 spiro atoms. The topological polar surface area (TPSA) is 0 Å². The molecule has 0 saturated heterocycles. The molecule has 0 radical (unpaired) electrons. The average molecular weight is 297 g/mol. The molecule has 0 saturated carbocycles. The molecule has 128 valence electrons. The molecule has 0 nitrogen and oxygen atoms in total. The molecule has 0 aliphatic carbocycles. The molecule has 5 atom stereocenters. The van der Waals surface area contributed by atoms with Crippen molar-refractivity contribution in [2.24, 2.45) is 41.4 Å². The second-order valence-electron chi connectivity index (χ2n) is 9.24. The lowest BCUT2D eigenvalue weighted by Crippen LogP contribution is -2.17. The van der Waals surface area contributed by atoms with Crippen molar-refractivity contribution in [3.8, 4) is 0 Å². The molecular formula is C21H44. The minimum absolute atomic E-state index is 0.846. The second-order valence-corrected chi connectivity index (χ2v) is 9.24. The molecule has 0 bridgehead atoms. The van der Waals surface area contributed by atoms with Gasteiger partial charge in [0.05, 0.1) is 0 Å². The van der Waals surface area contributed by atoms with Gasteiger partial charge in [-0.1, -0.05) is 62.3 Å². The number of hydrogen-bond acceptors (Lipinski definition) is 0. The molecule has 0 aromatic rings. The van der Waals surface area contributed by atoms with E-state index < -0.39 is 0 Å². The molecule has 21 heavy (non-hydrogen) atoms. The third-order valence-electron chi connectivity index (χ3n) is 5.07. The zero-order valence-electron chi connectivity index (χ0n) is 16.6. The van der Waals surface area contributed by atoms with Gasteiger partial charge in [0.15, 0.2) is 0 Å². The molecule has 0 heteroatoms. The van der Waals surface area contributed by atoms with E-state index in [2.05, 4.69) is 62.3 Å². The van der Waals surface area contributed by atoms with Crippen molar-refractivity contribution >= 4 is 0 Å². The fourth-order valence-corrected chi connectivity index (χ4v) is 4.32. The van der Waals surface area contributed by atoms with Crippen LogP contribution < -0.4 is 0 Å². The Kier molecular flexibility index (Phi) is 10.7. The Morgan fingerprint density at radius 2 is 0.667 bits per heavy atom. The van der Waals surface area contributed by atoms with Crippen LogP contribution in [0.5, 0.6) is 0 Å². The van der Waals surface area contributed by atoms with Crippen LogP contribution in [0, 0.1) is 41.4 Å². The van der Waals surface area contributed by atoms with Crippen molar-refractivity contribution in [3.05, 3.63) is 0 Å². The molecule has 0 heterocycles. The van der Waals surface area contributed by atoms with Gasteiger partial charge in [-0.15, -0.1) is 0 Å². The highest BCUT2D eigenvalue weighted by molar-refractivity contribution is 4.70. The van der Waals surface area contributed by atoms with Gasteiger partial charge in [-0.25, -0.2) is 0 Å². The lowest BCUT2D eigenvalue weighted by molar-refractivity contribution is 0.236. The molecule has 5 unspecified atom stereocenters. The van der Waals surface area contributed by atoms with E-state index in [0.717, 1.165) is 41.4 Å². The Labute approximate surface area is 136 Å². The first-order valence-electron chi connectivity index (χ1n) is 9.61. The minimum atomic E-state index is 0.846. The van der Waals surface area contributed by atoms with E-state index in [1.165, 1.54) is 32.1 Å². The van der Waals surface area contributed by atoms with Crippen LogP contribution in [-0.4, -0.2) is 0 Å².